The van der Waals surface area contributed by atoms with E-state index < -0.39 is 0 Å². The second kappa shape index (κ2) is 2.52. The van der Waals surface area contributed by atoms with E-state index in [2.05, 4.69) is 36.4 Å². The van der Waals surface area contributed by atoms with Crippen molar-refractivity contribution < 1.29 is 0 Å². The molecule has 4 rings (SSSR count). The number of allylic oxidation sites excluding steroid dienone is 2. The van der Waals surface area contributed by atoms with Crippen molar-refractivity contribution in [2.75, 3.05) is 0 Å². The van der Waals surface area contributed by atoms with Crippen LogP contribution in [0, 0.1) is 0 Å². The minimum absolute atomic E-state index is 1.16. The number of benzene rings is 2. The molecule has 0 saturated carbocycles. The molecule has 2 aromatic carbocycles. The van der Waals surface area contributed by atoms with Gasteiger partial charge >= 0.3 is 0 Å². The molecule has 0 heterocycles. The van der Waals surface area contributed by atoms with Gasteiger partial charge in [0.2, 0.25) is 0 Å². The van der Waals surface area contributed by atoms with Gasteiger partial charge in [0.05, 0.1) is 0 Å². The van der Waals surface area contributed by atoms with Crippen molar-refractivity contribution in [2.45, 2.75) is 19.3 Å². The zero-order valence-corrected chi connectivity index (χ0v) is 8.59. The Balaban J connectivity index is 2.27. The minimum Gasteiger partial charge on any atom is -0.0800 e. The molecule has 0 radical (unpaired) electrons. The van der Waals surface area contributed by atoms with E-state index >= 15 is 0 Å². The fourth-order valence-electron chi connectivity index (χ4n) is 3.09. The molecule has 72 valence electrons. The summed E-state index contributed by atoms with van der Waals surface area (Å²) in [5, 5.41) is 2.94. The predicted octanol–water partition coefficient (Wildman–Crippen LogP) is 3.73. The van der Waals surface area contributed by atoms with Gasteiger partial charge in [-0.3, -0.25) is 0 Å². The first-order chi connectivity index (χ1) is 7.43. The van der Waals surface area contributed by atoms with Crippen LogP contribution in [0.5, 0.6) is 0 Å². The van der Waals surface area contributed by atoms with E-state index in [1.807, 2.05) is 0 Å². The largest absolute Gasteiger partial charge is 0.0800 e. The normalized spacial score (nSPS) is 16.9. The zero-order chi connectivity index (χ0) is 9.83. The van der Waals surface area contributed by atoms with Crippen molar-refractivity contribution in [1.82, 2.24) is 0 Å². The Morgan fingerprint density at radius 1 is 0.933 bits per heavy atom. The summed E-state index contributed by atoms with van der Waals surface area (Å²) in [5.41, 5.74) is 6.22. The molecule has 0 heteroatoms. The maximum atomic E-state index is 2.43. The Morgan fingerprint density at radius 2 is 1.93 bits per heavy atom. The third-order valence-corrected chi connectivity index (χ3v) is 3.72. The molecular weight excluding hydrogens is 180 g/mol. The topological polar surface area (TPSA) is 0 Å². The van der Waals surface area contributed by atoms with E-state index in [0.717, 1.165) is 6.42 Å². The first-order valence-corrected chi connectivity index (χ1v) is 5.66. The Bertz CT molecular complexity index is 603. The Labute approximate surface area is 89.2 Å². The van der Waals surface area contributed by atoms with E-state index in [1.54, 1.807) is 16.7 Å². The Morgan fingerprint density at radius 3 is 2.93 bits per heavy atom. The molecule has 0 saturated heterocycles. The molecule has 0 N–H and O–H groups in total. The van der Waals surface area contributed by atoms with Crippen LogP contribution in [0.4, 0.5) is 0 Å². The minimum atomic E-state index is 1.16. The van der Waals surface area contributed by atoms with E-state index in [-0.39, 0.29) is 0 Å². The van der Waals surface area contributed by atoms with Crippen molar-refractivity contribution in [3.63, 3.8) is 0 Å². The summed E-state index contributed by atoms with van der Waals surface area (Å²) in [6, 6.07) is 11.3. The standard InChI is InChI=1S/C15H12/c1-3-10-7-8-11-4-2-6-13-9-12(5-1)14(10)15(11)13/h1,3,5-8H,2,4,9H2. The van der Waals surface area contributed by atoms with Crippen molar-refractivity contribution in [3.05, 3.63) is 53.1 Å². The summed E-state index contributed by atoms with van der Waals surface area (Å²) in [6.45, 7) is 0. The molecule has 0 nitrogen and oxygen atoms in total. The third kappa shape index (κ3) is 0.872. The van der Waals surface area contributed by atoms with Crippen molar-refractivity contribution >= 4 is 16.3 Å². The van der Waals surface area contributed by atoms with Gasteiger partial charge in [0, 0.05) is 0 Å². The lowest BCUT2D eigenvalue weighted by molar-refractivity contribution is 0.978. The summed E-state index contributed by atoms with van der Waals surface area (Å²) in [5.74, 6) is 0. The van der Waals surface area contributed by atoms with Crippen LogP contribution < -0.4 is 0 Å². The first-order valence-electron chi connectivity index (χ1n) is 5.66. The Kier molecular flexibility index (Phi) is 1.29. The van der Waals surface area contributed by atoms with Crippen LogP contribution in [0.15, 0.2) is 36.4 Å². The van der Waals surface area contributed by atoms with E-state index in [0.29, 0.717) is 0 Å². The van der Waals surface area contributed by atoms with Gasteiger partial charge in [-0.05, 0) is 52.3 Å². The van der Waals surface area contributed by atoms with E-state index in [1.165, 1.54) is 29.2 Å². The average molecular weight is 192 g/mol. The fourth-order valence-corrected chi connectivity index (χ4v) is 3.09. The quantitative estimate of drug-likeness (QED) is 0.596. The van der Waals surface area contributed by atoms with Crippen LogP contribution in [0.1, 0.15) is 23.1 Å². The van der Waals surface area contributed by atoms with Crippen molar-refractivity contribution in [2.24, 2.45) is 0 Å². The smallest absolute Gasteiger partial charge is 0.00163 e. The van der Waals surface area contributed by atoms with Gasteiger partial charge in [-0.15, -0.1) is 0 Å². The lowest BCUT2D eigenvalue weighted by Gasteiger charge is -2.14. The highest BCUT2D eigenvalue weighted by Crippen LogP contribution is 2.42. The maximum Gasteiger partial charge on any atom is -0.00163 e. The van der Waals surface area contributed by atoms with Crippen LogP contribution in [0.3, 0.4) is 0 Å². The van der Waals surface area contributed by atoms with Gasteiger partial charge < -0.3 is 0 Å². The molecule has 2 aliphatic carbocycles. The lowest BCUT2D eigenvalue weighted by atomic mass is 9.91. The highest BCUT2D eigenvalue weighted by molar-refractivity contribution is 6.03. The molecule has 0 unspecified atom stereocenters. The highest BCUT2D eigenvalue weighted by Gasteiger charge is 2.23. The predicted molar refractivity (Wildman–Crippen MR) is 64.0 cm³/mol. The molecule has 0 spiro atoms. The van der Waals surface area contributed by atoms with Gasteiger partial charge in [0.1, 0.15) is 0 Å². The van der Waals surface area contributed by atoms with E-state index in [9.17, 15) is 0 Å². The molecular formula is C15H12. The summed E-state index contributed by atoms with van der Waals surface area (Å²) in [4.78, 5) is 0. The summed E-state index contributed by atoms with van der Waals surface area (Å²) < 4.78 is 0. The van der Waals surface area contributed by atoms with Crippen molar-refractivity contribution in [1.29, 1.82) is 0 Å². The van der Waals surface area contributed by atoms with Crippen LogP contribution in [0.25, 0.3) is 16.3 Å². The number of hydrogen-bond acceptors (Lipinski definition) is 0. The zero-order valence-electron chi connectivity index (χ0n) is 8.59. The van der Waals surface area contributed by atoms with Gasteiger partial charge in [-0.2, -0.15) is 0 Å². The van der Waals surface area contributed by atoms with Gasteiger partial charge in [0.25, 0.3) is 0 Å². The van der Waals surface area contributed by atoms with Crippen molar-refractivity contribution in [3.8, 4) is 0 Å². The van der Waals surface area contributed by atoms with Crippen LogP contribution in [-0.2, 0) is 12.8 Å². The molecule has 2 aromatic rings. The van der Waals surface area contributed by atoms with Crippen LogP contribution >= 0.6 is 0 Å². The molecule has 0 atom stereocenters. The average Bonchev–Trinajstić information content (AvgIpc) is 2.66. The van der Waals surface area contributed by atoms with Gasteiger partial charge in [0.15, 0.2) is 0 Å². The molecule has 0 fully saturated rings. The lowest BCUT2D eigenvalue weighted by Crippen LogP contribution is -1.96. The van der Waals surface area contributed by atoms with Gasteiger partial charge in [-0.1, -0.05) is 36.4 Å². The summed E-state index contributed by atoms with van der Waals surface area (Å²) >= 11 is 0. The first kappa shape index (κ1) is 7.70. The second-order valence-electron chi connectivity index (χ2n) is 4.56. The van der Waals surface area contributed by atoms with Crippen LogP contribution in [0.2, 0.25) is 0 Å². The molecule has 0 bridgehead atoms. The van der Waals surface area contributed by atoms with Gasteiger partial charge in [-0.25, -0.2) is 0 Å². The molecule has 0 aliphatic heterocycles. The monoisotopic (exact) mass is 192 g/mol. The summed E-state index contributed by atoms with van der Waals surface area (Å²) in [7, 11) is 0. The second-order valence-corrected chi connectivity index (χ2v) is 4.56. The Hall–Kier alpha value is -1.56. The number of rotatable bonds is 0. The number of aryl methyl sites for hydroxylation is 1. The highest BCUT2D eigenvalue weighted by atomic mass is 14.3. The number of hydrogen-bond donors (Lipinski definition) is 0. The third-order valence-electron chi connectivity index (χ3n) is 3.72. The molecule has 0 aromatic heterocycles. The molecule has 2 aliphatic rings. The van der Waals surface area contributed by atoms with Crippen LogP contribution in [-0.4, -0.2) is 0 Å². The van der Waals surface area contributed by atoms with E-state index in [4.69, 9.17) is 0 Å². The SMILES string of the molecule is C1=C2Cc3cccc4ccc(c2c34)CC1. The maximum absolute atomic E-state index is 2.43. The molecule has 15 heavy (non-hydrogen) atoms. The summed E-state index contributed by atoms with van der Waals surface area (Å²) in [6.07, 6.45) is 6.04. The fraction of sp³-hybridized carbons (Fsp3) is 0.200. The molecule has 0 amide bonds.